The molecule has 4 rings (SSSR count). The highest BCUT2D eigenvalue weighted by Gasteiger charge is 2.24. The van der Waals surface area contributed by atoms with E-state index in [0.717, 1.165) is 11.3 Å². The molecule has 25 heavy (non-hydrogen) atoms. The normalized spacial score (nSPS) is 15.9. The van der Waals surface area contributed by atoms with Crippen LogP contribution in [0.4, 0.5) is 11.9 Å². The van der Waals surface area contributed by atoms with Crippen LogP contribution in [0.15, 0.2) is 58.9 Å². The Morgan fingerprint density at radius 2 is 2.12 bits per heavy atom. The maximum atomic E-state index is 12.1. The SMILES string of the molecule is CC1=C[C@@H](c2ccc(Cl)cc2)n2nc(NC(=O)c3ccco3)nc2N1. The highest BCUT2D eigenvalue weighted by Crippen LogP contribution is 2.30. The number of rotatable bonds is 3. The van der Waals surface area contributed by atoms with Crippen molar-refractivity contribution in [3.63, 3.8) is 0 Å². The van der Waals surface area contributed by atoms with Gasteiger partial charge in [0.25, 0.3) is 11.9 Å². The fraction of sp³-hybridized carbons (Fsp3) is 0.118. The summed E-state index contributed by atoms with van der Waals surface area (Å²) in [6.45, 7) is 1.95. The molecule has 0 bridgehead atoms. The van der Waals surface area contributed by atoms with Crippen molar-refractivity contribution < 1.29 is 9.21 Å². The molecule has 0 radical (unpaired) electrons. The molecule has 3 heterocycles. The smallest absolute Gasteiger partial charge is 0.293 e. The van der Waals surface area contributed by atoms with Crippen molar-refractivity contribution in [2.24, 2.45) is 0 Å². The summed E-state index contributed by atoms with van der Waals surface area (Å²) in [4.78, 5) is 16.4. The van der Waals surface area contributed by atoms with Crippen LogP contribution in [0.2, 0.25) is 5.02 Å². The molecular formula is C17H14ClN5O2. The van der Waals surface area contributed by atoms with Crippen LogP contribution in [0.3, 0.4) is 0 Å². The number of benzene rings is 1. The minimum Gasteiger partial charge on any atom is -0.459 e. The van der Waals surface area contributed by atoms with Gasteiger partial charge in [0.05, 0.1) is 6.26 Å². The molecular weight excluding hydrogens is 342 g/mol. The summed E-state index contributed by atoms with van der Waals surface area (Å²) in [7, 11) is 0. The number of amides is 1. The minimum atomic E-state index is -0.402. The first kappa shape index (κ1) is 15.5. The number of nitrogens with one attached hydrogen (secondary N) is 2. The lowest BCUT2D eigenvalue weighted by atomic mass is 10.1. The van der Waals surface area contributed by atoms with Crippen LogP contribution >= 0.6 is 11.6 Å². The second-order valence-corrected chi connectivity index (χ2v) is 6.04. The van der Waals surface area contributed by atoms with E-state index in [1.807, 2.05) is 37.3 Å². The first-order valence-electron chi connectivity index (χ1n) is 7.62. The Balaban J connectivity index is 1.65. The summed E-state index contributed by atoms with van der Waals surface area (Å²) in [5.41, 5.74) is 1.96. The van der Waals surface area contributed by atoms with Crippen LogP contribution in [-0.4, -0.2) is 20.7 Å². The van der Waals surface area contributed by atoms with E-state index in [4.69, 9.17) is 16.0 Å². The topological polar surface area (TPSA) is 85.0 Å². The van der Waals surface area contributed by atoms with Crippen molar-refractivity contribution in [3.8, 4) is 0 Å². The van der Waals surface area contributed by atoms with Gasteiger partial charge in [0, 0.05) is 10.7 Å². The third-order valence-corrected chi connectivity index (χ3v) is 4.05. The maximum Gasteiger partial charge on any atom is 0.293 e. The minimum absolute atomic E-state index is 0.143. The summed E-state index contributed by atoms with van der Waals surface area (Å²) in [6, 6.07) is 10.6. The molecule has 7 nitrogen and oxygen atoms in total. The first-order valence-corrected chi connectivity index (χ1v) is 8.00. The molecule has 2 aromatic heterocycles. The van der Waals surface area contributed by atoms with Gasteiger partial charge in [-0.25, -0.2) is 4.68 Å². The van der Waals surface area contributed by atoms with Gasteiger partial charge in [-0.3, -0.25) is 10.1 Å². The molecule has 0 saturated carbocycles. The predicted octanol–water partition coefficient (Wildman–Crippen LogP) is 3.70. The van der Waals surface area contributed by atoms with Gasteiger partial charge in [-0.2, -0.15) is 4.98 Å². The number of hydrogen-bond donors (Lipinski definition) is 2. The molecule has 2 N–H and O–H groups in total. The number of hydrogen-bond acceptors (Lipinski definition) is 5. The number of nitrogens with zero attached hydrogens (tertiary/aromatic N) is 3. The molecule has 0 saturated heterocycles. The fourth-order valence-corrected chi connectivity index (χ4v) is 2.78. The van der Waals surface area contributed by atoms with E-state index >= 15 is 0 Å². The van der Waals surface area contributed by atoms with Gasteiger partial charge in [-0.05, 0) is 42.8 Å². The monoisotopic (exact) mass is 355 g/mol. The molecule has 0 spiro atoms. The van der Waals surface area contributed by atoms with E-state index in [0.29, 0.717) is 11.0 Å². The number of furan rings is 1. The molecule has 1 amide bonds. The molecule has 1 aromatic carbocycles. The Kier molecular flexibility index (Phi) is 3.77. The van der Waals surface area contributed by atoms with Gasteiger partial charge in [0.2, 0.25) is 5.95 Å². The third kappa shape index (κ3) is 3.01. The quantitative estimate of drug-likeness (QED) is 0.748. The molecule has 8 heteroatoms. The molecule has 0 aliphatic carbocycles. The van der Waals surface area contributed by atoms with E-state index < -0.39 is 5.91 Å². The first-order chi connectivity index (χ1) is 12.1. The number of carbonyl (C=O) groups is 1. The van der Waals surface area contributed by atoms with E-state index in [-0.39, 0.29) is 17.8 Å². The molecule has 1 aliphatic heterocycles. The number of carbonyl (C=O) groups excluding carboxylic acids is 1. The lowest BCUT2D eigenvalue weighted by Crippen LogP contribution is -2.19. The van der Waals surface area contributed by atoms with Gasteiger partial charge in [0.1, 0.15) is 6.04 Å². The highest BCUT2D eigenvalue weighted by molar-refractivity contribution is 6.30. The van der Waals surface area contributed by atoms with Crippen LogP contribution in [0.5, 0.6) is 0 Å². The van der Waals surface area contributed by atoms with E-state index in [1.165, 1.54) is 6.26 Å². The molecule has 1 aliphatic rings. The van der Waals surface area contributed by atoms with Gasteiger partial charge in [-0.1, -0.05) is 23.7 Å². The average Bonchev–Trinajstić information content (AvgIpc) is 3.24. The van der Waals surface area contributed by atoms with Crippen molar-refractivity contribution in [3.05, 3.63) is 70.8 Å². The van der Waals surface area contributed by atoms with Gasteiger partial charge < -0.3 is 9.73 Å². The van der Waals surface area contributed by atoms with Gasteiger partial charge in [-0.15, -0.1) is 5.10 Å². The third-order valence-electron chi connectivity index (χ3n) is 3.79. The zero-order chi connectivity index (χ0) is 17.4. The Bertz CT molecular complexity index is 944. The van der Waals surface area contributed by atoms with Crippen LogP contribution in [-0.2, 0) is 0 Å². The van der Waals surface area contributed by atoms with Crippen molar-refractivity contribution in [1.82, 2.24) is 14.8 Å². The summed E-state index contributed by atoms with van der Waals surface area (Å²) in [5.74, 6) is 0.547. The number of anilines is 2. The standard InChI is InChI=1S/C17H14ClN5O2/c1-10-9-13(11-4-6-12(18)7-5-11)23-17(19-10)21-16(22-23)20-15(24)14-3-2-8-25-14/h2-9,13H,1H3,(H2,19,20,21,22,24)/t13-/m0/s1. The van der Waals surface area contributed by atoms with E-state index in [2.05, 4.69) is 20.7 Å². The molecule has 126 valence electrons. The summed E-state index contributed by atoms with van der Waals surface area (Å²) in [5, 5.41) is 10.9. The lowest BCUT2D eigenvalue weighted by molar-refractivity contribution is 0.0996. The summed E-state index contributed by atoms with van der Waals surface area (Å²) < 4.78 is 6.79. The number of allylic oxidation sites excluding steroid dienone is 2. The zero-order valence-corrected chi connectivity index (χ0v) is 14.0. The Hall–Kier alpha value is -3.06. The average molecular weight is 356 g/mol. The summed E-state index contributed by atoms with van der Waals surface area (Å²) in [6.07, 6.45) is 3.47. The largest absolute Gasteiger partial charge is 0.459 e. The van der Waals surface area contributed by atoms with E-state index in [1.54, 1.807) is 16.8 Å². The molecule has 0 fully saturated rings. The molecule has 3 aromatic rings. The predicted molar refractivity (Wildman–Crippen MR) is 93.7 cm³/mol. The van der Waals surface area contributed by atoms with Crippen LogP contribution in [0, 0.1) is 0 Å². The van der Waals surface area contributed by atoms with E-state index in [9.17, 15) is 4.79 Å². The Labute approximate surface area is 148 Å². The Morgan fingerprint density at radius 3 is 2.84 bits per heavy atom. The van der Waals surface area contributed by atoms with Crippen LogP contribution in [0.1, 0.15) is 29.1 Å². The zero-order valence-electron chi connectivity index (χ0n) is 13.2. The second kappa shape index (κ2) is 6.10. The second-order valence-electron chi connectivity index (χ2n) is 5.61. The molecule has 1 atom stereocenters. The number of fused-ring (bicyclic) bond motifs is 1. The van der Waals surface area contributed by atoms with Crippen LogP contribution < -0.4 is 10.6 Å². The number of aromatic nitrogens is 3. The fourth-order valence-electron chi connectivity index (χ4n) is 2.65. The lowest BCUT2D eigenvalue weighted by Gasteiger charge is -2.22. The van der Waals surface area contributed by atoms with Gasteiger partial charge in [0.15, 0.2) is 5.76 Å². The summed E-state index contributed by atoms with van der Waals surface area (Å²) >= 11 is 5.97. The number of halogens is 1. The Morgan fingerprint density at radius 1 is 1.32 bits per heavy atom. The van der Waals surface area contributed by atoms with Crippen molar-refractivity contribution >= 4 is 29.4 Å². The van der Waals surface area contributed by atoms with Gasteiger partial charge >= 0.3 is 0 Å². The van der Waals surface area contributed by atoms with Crippen LogP contribution in [0.25, 0.3) is 0 Å². The molecule has 0 unspecified atom stereocenters. The van der Waals surface area contributed by atoms with Crippen molar-refractivity contribution in [2.75, 3.05) is 10.6 Å². The maximum absolute atomic E-state index is 12.1. The van der Waals surface area contributed by atoms with Crippen molar-refractivity contribution in [2.45, 2.75) is 13.0 Å². The highest BCUT2D eigenvalue weighted by atomic mass is 35.5. The van der Waals surface area contributed by atoms with Crippen molar-refractivity contribution in [1.29, 1.82) is 0 Å².